The molecule has 3 heteroatoms. The largest absolute Gasteiger partial charge is 0.347 e. The molecule has 10 heavy (non-hydrogen) atoms. The van der Waals surface area contributed by atoms with Crippen molar-refractivity contribution < 1.29 is 4.79 Å². The molecule has 0 saturated carbocycles. The van der Waals surface area contributed by atoms with Crippen molar-refractivity contribution in [3.05, 3.63) is 24.0 Å². The third kappa shape index (κ3) is 1.24. The summed E-state index contributed by atoms with van der Waals surface area (Å²) in [7, 11) is 1.86. The number of rotatable bonds is 1. The minimum Gasteiger partial charge on any atom is -0.347 e. The molecule has 0 saturated heterocycles. The maximum absolute atomic E-state index is 11.0. The number of nitrogens with zero attached hydrogens (tertiary/aromatic N) is 1. The summed E-state index contributed by atoms with van der Waals surface area (Å²) in [5.41, 5.74) is 0.757. The smallest absolute Gasteiger partial charge is 0.235 e. The number of carbonyl (C=O) groups excluding carboxylic acids is 1. The topological polar surface area (TPSA) is 22.0 Å². The zero-order chi connectivity index (χ0) is 7.56. The molecule has 1 heterocycles. The second kappa shape index (κ2) is 2.92. The van der Waals surface area contributed by atoms with Gasteiger partial charge in [-0.25, -0.2) is 0 Å². The van der Waals surface area contributed by atoms with Crippen LogP contribution in [0.4, 0.5) is 0 Å². The molecule has 0 aromatic carbocycles. The van der Waals surface area contributed by atoms with Crippen LogP contribution < -0.4 is 0 Å². The van der Waals surface area contributed by atoms with E-state index in [0.717, 1.165) is 5.69 Å². The van der Waals surface area contributed by atoms with Gasteiger partial charge in [-0.05, 0) is 18.4 Å². The minimum absolute atomic E-state index is 0.118. The van der Waals surface area contributed by atoms with Crippen LogP contribution in [0.1, 0.15) is 10.5 Å². The first-order valence-corrected chi connectivity index (χ1v) is 4.18. The Morgan fingerprint density at radius 2 is 2.40 bits per heavy atom. The molecule has 0 spiro atoms. The van der Waals surface area contributed by atoms with E-state index in [4.69, 9.17) is 0 Å². The third-order valence-corrected chi connectivity index (χ3v) is 1.92. The van der Waals surface area contributed by atoms with Crippen LogP contribution >= 0.6 is 11.8 Å². The summed E-state index contributed by atoms with van der Waals surface area (Å²) in [5, 5.41) is 0.118. The van der Waals surface area contributed by atoms with Gasteiger partial charge in [-0.15, -0.1) is 0 Å². The van der Waals surface area contributed by atoms with Crippen LogP contribution in [0, 0.1) is 0 Å². The van der Waals surface area contributed by atoms with E-state index in [1.54, 1.807) is 6.26 Å². The van der Waals surface area contributed by atoms with Gasteiger partial charge in [0.05, 0.1) is 5.69 Å². The fourth-order valence-electron chi connectivity index (χ4n) is 0.778. The van der Waals surface area contributed by atoms with Crippen LogP contribution in [0.15, 0.2) is 18.3 Å². The van der Waals surface area contributed by atoms with Crippen molar-refractivity contribution in [1.82, 2.24) is 4.57 Å². The van der Waals surface area contributed by atoms with Crippen molar-refractivity contribution in [2.24, 2.45) is 7.05 Å². The van der Waals surface area contributed by atoms with Gasteiger partial charge in [-0.3, -0.25) is 4.79 Å². The van der Waals surface area contributed by atoms with E-state index in [2.05, 4.69) is 0 Å². The highest BCUT2D eigenvalue weighted by molar-refractivity contribution is 8.13. The van der Waals surface area contributed by atoms with Gasteiger partial charge in [0, 0.05) is 13.2 Å². The monoisotopic (exact) mass is 155 g/mol. The zero-order valence-electron chi connectivity index (χ0n) is 6.00. The van der Waals surface area contributed by atoms with Crippen molar-refractivity contribution >= 4 is 16.9 Å². The Labute approximate surface area is 64.2 Å². The maximum atomic E-state index is 11.0. The van der Waals surface area contributed by atoms with Gasteiger partial charge < -0.3 is 4.57 Å². The minimum atomic E-state index is 0.118. The molecule has 0 radical (unpaired) electrons. The zero-order valence-corrected chi connectivity index (χ0v) is 6.81. The molecule has 0 aliphatic heterocycles. The molecule has 0 bridgehead atoms. The standard InChI is InChI=1S/C7H9NOS/c1-8-5-3-4-6(8)7(9)10-2/h3-5H,1-2H3. The van der Waals surface area contributed by atoms with Crippen molar-refractivity contribution in [2.75, 3.05) is 6.26 Å². The van der Waals surface area contributed by atoms with Gasteiger partial charge in [0.25, 0.3) is 0 Å². The quantitative estimate of drug-likeness (QED) is 0.613. The summed E-state index contributed by atoms with van der Waals surface area (Å²) >= 11 is 1.24. The molecular formula is C7H9NOS. The lowest BCUT2D eigenvalue weighted by molar-refractivity contribution is 0.108. The molecule has 0 aliphatic carbocycles. The summed E-state index contributed by atoms with van der Waals surface area (Å²) in [6, 6.07) is 3.68. The Bertz CT molecular complexity index is 242. The van der Waals surface area contributed by atoms with Crippen LogP contribution in [0.3, 0.4) is 0 Å². The highest BCUT2D eigenvalue weighted by Gasteiger charge is 2.05. The van der Waals surface area contributed by atoms with Crippen molar-refractivity contribution in [3.8, 4) is 0 Å². The molecule has 1 aromatic heterocycles. The Kier molecular flexibility index (Phi) is 2.17. The van der Waals surface area contributed by atoms with Crippen LogP contribution in [0.5, 0.6) is 0 Å². The fourth-order valence-corrected chi connectivity index (χ4v) is 1.20. The van der Waals surface area contributed by atoms with Crippen LogP contribution in [-0.4, -0.2) is 15.9 Å². The summed E-state index contributed by atoms with van der Waals surface area (Å²) in [6.07, 6.45) is 3.65. The summed E-state index contributed by atoms with van der Waals surface area (Å²) in [4.78, 5) is 11.0. The molecule has 0 N–H and O–H groups in total. The Morgan fingerprint density at radius 3 is 2.80 bits per heavy atom. The number of aryl methyl sites for hydroxylation is 1. The van der Waals surface area contributed by atoms with Crippen LogP contribution in [0.25, 0.3) is 0 Å². The lowest BCUT2D eigenvalue weighted by Gasteiger charge is -1.96. The van der Waals surface area contributed by atoms with Crippen LogP contribution in [-0.2, 0) is 7.05 Å². The second-order valence-electron chi connectivity index (χ2n) is 2.00. The molecule has 0 fully saturated rings. The number of aromatic nitrogens is 1. The fraction of sp³-hybridized carbons (Fsp3) is 0.286. The molecule has 0 atom stereocenters. The lowest BCUT2D eigenvalue weighted by Crippen LogP contribution is -1.99. The molecule has 0 amide bonds. The first kappa shape index (κ1) is 7.41. The highest BCUT2D eigenvalue weighted by Crippen LogP contribution is 2.08. The molecule has 1 rings (SSSR count). The first-order valence-electron chi connectivity index (χ1n) is 2.95. The average Bonchev–Trinajstić information content (AvgIpc) is 2.34. The number of thioether (sulfide) groups is 1. The normalized spacial score (nSPS) is 9.80. The Hall–Kier alpha value is -0.700. The van der Waals surface area contributed by atoms with Crippen molar-refractivity contribution in [3.63, 3.8) is 0 Å². The predicted molar refractivity (Wildman–Crippen MR) is 43.3 cm³/mol. The van der Waals surface area contributed by atoms with Gasteiger partial charge in [-0.2, -0.15) is 0 Å². The van der Waals surface area contributed by atoms with Gasteiger partial charge >= 0.3 is 0 Å². The summed E-state index contributed by atoms with van der Waals surface area (Å²) < 4.78 is 1.82. The van der Waals surface area contributed by atoms with Crippen molar-refractivity contribution in [1.29, 1.82) is 0 Å². The van der Waals surface area contributed by atoms with E-state index >= 15 is 0 Å². The third-order valence-electron chi connectivity index (χ3n) is 1.34. The molecule has 54 valence electrons. The SMILES string of the molecule is CSC(=O)c1cccn1C. The summed E-state index contributed by atoms with van der Waals surface area (Å²) in [5.74, 6) is 0. The second-order valence-corrected chi connectivity index (χ2v) is 2.77. The Balaban J connectivity index is 2.93. The predicted octanol–water partition coefficient (Wildman–Crippen LogP) is 1.53. The van der Waals surface area contributed by atoms with Crippen molar-refractivity contribution in [2.45, 2.75) is 0 Å². The average molecular weight is 155 g/mol. The molecular weight excluding hydrogens is 146 g/mol. The highest BCUT2D eigenvalue weighted by atomic mass is 32.2. The van der Waals surface area contributed by atoms with Gasteiger partial charge in [0.1, 0.15) is 0 Å². The number of hydrogen-bond donors (Lipinski definition) is 0. The van der Waals surface area contributed by atoms with Gasteiger partial charge in [0.15, 0.2) is 0 Å². The van der Waals surface area contributed by atoms with E-state index in [9.17, 15) is 4.79 Å². The van der Waals surface area contributed by atoms with E-state index < -0.39 is 0 Å². The number of hydrogen-bond acceptors (Lipinski definition) is 2. The van der Waals surface area contributed by atoms with E-state index in [0.29, 0.717) is 0 Å². The maximum Gasteiger partial charge on any atom is 0.235 e. The Morgan fingerprint density at radius 1 is 1.70 bits per heavy atom. The van der Waals surface area contributed by atoms with E-state index in [-0.39, 0.29) is 5.12 Å². The molecule has 1 aromatic rings. The summed E-state index contributed by atoms with van der Waals surface area (Å²) in [6.45, 7) is 0. The van der Waals surface area contributed by atoms with E-state index in [1.807, 2.05) is 29.9 Å². The van der Waals surface area contributed by atoms with Crippen LogP contribution in [0.2, 0.25) is 0 Å². The van der Waals surface area contributed by atoms with Gasteiger partial charge in [0.2, 0.25) is 5.12 Å². The number of carbonyl (C=O) groups is 1. The molecule has 0 aliphatic rings. The van der Waals surface area contributed by atoms with E-state index in [1.165, 1.54) is 11.8 Å². The molecule has 0 unspecified atom stereocenters. The molecule has 2 nitrogen and oxygen atoms in total. The lowest BCUT2D eigenvalue weighted by atomic mass is 10.5. The van der Waals surface area contributed by atoms with Gasteiger partial charge in [-0.1, -0.05) is 11.8 Å². The first-order chi connectivity index (χ1) is 4.75.